The molecule has 1 N–H and O–H groups in total. The van der Waals surface area contributed by atoms with Gasteiger partial charge in [-0.15, -0.1) is 8.78 Å². The number of alkyl halides is 2. The lowest BCUT2D eigenvalue weighted by Crippen LogP contribution is -2.28. The van der Waals surface area contributed by atoms with Crippen molar-refractivity contribution in [2.24, 2.45) is 0 Å². The van der Waals surface area contributed by atoms with Crippen molar-refractivity contribution in [2.45, 2.75) is 31.5 Å². The Balaban J connectivity index is 1.38. The molecule has 1 amide bonds. The van der Waals surface area contributed by atoms with Crippen LogP contribution in [0.3, 0.4) is 0 Å². The highest BCUT2D eigenvalue weighted by molar-refractivity contribution is 6.02. The van der Waals surface area contributed by atoms with E-state index in [2.05, 4.69) is 14.8 Å². The third kappa shape index (κ3) is 3.53. The van der Waals surface area contributed by atoms with Crippen molar-refractivity contribution < 1.29 is 27.8 Å². The van der Waals surface area contributed by atoms with Crippen LogP contribution in [0.5, 0.6) is 17.2 Å². The number of hydrogen-bond acceptors (Lipinski definition) is 4. The number of halogens is 2. The zero-order valence-corrected chi connectivity index (χ0v) is 17.6. The second kappa shape index (κ2) is 7.22. The van der Waals surface area contributed by atoms with Crippen LogP contribution in [0.15, 0.2) is 60.7 Å². The highest BCUT2D eigenvalue weighted by atomic mass is 19.3. The summed E-state index contributed by atoms with van der Waals surface area (Å²) >= 11 is 0. The Morgan fingerprint density at radius 3 is 2.38 bits per heavy atom. The Morgan fingerprint density at radius 2 is 1.69 bits per heavy atom. The van der Waals surface area contributed by atoms with E-state index in [1.807, 2.05) is 49.4 Å². The summed E-state index contributed by atoms with van der Waals surface area (Å²) in [5.41, 5.74) is 3.63. The van der Waals surface area contributed by atoms with Crippen LogP contribution in [-0.4, -0.2) is 19.3 Å². The van der Waals surface area contributed by atoms with Gasteiger partial charge in [0.2, 0.25) is 5.91 Å². The molecule has 1 aliphatic heterocycles. The molecule has 1 heterocycles. The zero-order valence-electron chi connectivity index (χ0n) is 17.6. The van der Waals surface area contributed by atoms with Gasteiger partial charge in [0.05, 0.1) is 12.5 Å². The Hall–Kier alpha value is -3.61. The van der Waals surface area contributed by atoms with Gasteiger partial charge >= 0.3 is 6.29 Å². The topological polar surface area (TPSA) is 56.8 Å². The number of hydrogen-bond donors (Lipinski definition) is 1. The highest BCUT2D eigenvalue weighted by Gasteiger charge is 2.52. The van der Waals surface area contributed by atoms with Crippen LogP contribution in [0, 0.1) is 6.92 Å². The van der Waals surface area contributed by atoms with Gasteiger partial charge in [-0.3, -0.25) is 4.79 Å². The maximum atomic E-state index is 13.3. The van der Waals surface area contributed by atoms with Crippen molar-refractivity contribution in [1.29, 1.82) is 0 Å². The predicted octanol–water partition coefficient (Wildman–Crippen LogP) is 5.66. The Morgan fingerprint density at radius 1 is 0.969 bits per heavy atom. The van der Waals surface area contributed by atoms with E-state index in [0.29, 0.717) is 24.1 Å². The van der Waals surface area contributed by atoms with E-state index in [-0.39, 0.29) is 17.4 Å². The fraction of sp³-hybridized carbons (Fsp3) is 0.240. The summed E-state index contributed by atoms with van der Waals surface area (Å²) in [7, 11) is 1.62. The molecule has 7 heteroatoms. The van der Waals surface area contributed by atoms with Gasteiger partial charge in [0, 0.05) is 5.69 Å². The van der Waals surface area contributed by atoms with E-state index in [4.69, 9.17) is 4.74 Å². The lowest BCUT2D eigenvalue weighted by molar-refractivity contribution is -0.286. The van der Waals surface area contributed by atoms with E-state index in [1.54, 1.807) is 13.2 Å². The molecule has 32 heavy (non-hydrogen) atoms. The summed E-state index contributed by atoms with van der Waals surface area (Å²) in [6.45, 7) is 2.01. The first kappa shape index (κ1) is 20.3. The van der Waals surface area contributed by atoms with Gasteiger partial charge in [-0.1, -0.05) is 24.3 Å². The second-order valence-electron chi connectivity index (χ2n) is 8.12. The zero-order chi connectivity index (χ0) is 22.5. The van der Waals surface area contributed by atoms with Crippen molar-refractivity contribution >= 4 is 11.6 Å². The number of fused-ring (bicyclic) bond motifs is 1. The number of ether oxygens (including phenoxy) is 3. The summed E-state index contributed by atoms with van der Waals surface area (Å²) in [6, 6.07) is 18.0. The molecule has 0 saturated heterocycles. The standard InChI is InChI=1S/C25H21F2NO4/c1-15-3-7-18(14-20(15)16-4-8-19(30-2)9-5-16)28-23(29)24(11-12-24)17-6-10-21-22(13-17)32-25(26,27)31-21/h3-10,13-14H,11-12H2,1-2H3,(H,28,29). The van der Waals surface area contributed by atoms with Gasteiger partial charge in [-0.05, 0) is 78.4 Å². The van der Waals surface area contributed by atoms with E-state index in [1.165, 1.54) is 12.1 Å². The highest BCUT2D eigenvalue weighted by Crippen LogP contribution is 2.52. The molecule has 1 saturated carbocycles. The molecule has 5 nitrogen and oxygen atoms in total. The molecule has 3 aromatic carbocycles. The molecule has 0 bridgehead atoms. The van der Waals surface area contributed by atoms with Gasteiger partial charge < -0.3 is 19.5 Å². The van der Waals surface area contributed by atoms with Crippen molar-refractivity contribution in [2.75, 3.05) is 12.4 Å². The number of amides is 1. The molecule has 2 aliphatic rings. The largest absolute Gasteiger partial charge is 0.586 e. The average Bonchev–Trinajstić information content (AvgIpc) is 3.52. The lowest BCUT2D eigenvalue weighted by Gasteiger charge is -2.17. The average molecular weight is 437 g/mol. The van der Waals surface area contributed by atoms with Crippen LogP contribution in [0.4, 0.5) is 14.5 Å². The van der Waals surface area contributed by atoms with Gasteiger partial charge in [0.1, 0.15) is 5.75 Å². The Bertz CT molecular complexity index is 1200. The number of aryl methyl sites for hydroxylation is 1. The summed E-state index contributed by atoms with van der Waals surface area (Å²) in [6.07, 6.45) is -2.42. The molecule has 0 aromatic heterocycles. The Labute approximate surface area is 183 Å². The summed E-state index contributed by atoms with van der Waals surface area (Å²) in [4.78, 5) is 13.2. The van der Waals surface area contributed by atoms with Crippen molar-refractivity contribution in [3.8, 4) is 28.4 Å². The molecule has 0 radical (unpaired) electrons. The fourth-order valence-corrected chi connectivity index (χ4v) is 4.05. The van der Waals surface area contributed by atoms with Crippen molar-refractivity contribution in [3.63, 3.8) is 0 Å². The summed E-state index contributed by atoms with van der Waals surface area (Å²) in [5.74, 6) is 0.516. The lowest BCUT2D eigenvalue weighted by atomic mass is 9.94. The molecule has 5 rings (SSSR count). The molecule has 0 spiro atoms. The van der Waals surface area contributed by atoms with Gasteiger partial charge in [0.15, 0.2) is 11.5 Å². The molecule has 3 aromatic rings. The van der Waals surface area contributed by atoms with E-state index < -0.39 is 11.7 Å². The Kier molecular flexibility index (Phi) is 4.58. The molecular weight excluding hydrogens is 416 g/mol. The summed E-state index contributed by atoms with van der Waals surface area (Å²) < 4.78 is 40.9. The maximum Gasteiger partial charge on any atom is 0.586 e. The van der Waals surface area contributed by atoms with Crippen LogP contribution in [0.25, 0.3) is 11.1 Å². The smallest absolute Gasteiger partial charge is 0.497 e. The van der Waals surface area contributed by atoms with Crippen LogP contribution >= 0.6 is 0 Å². The van der Waals surface area contributed by atoms with E-state index >= 15 is 0 Å². The maximum absolute atomic E-state index is 13.3. The number of carbonyl (C=O) groups is 1. The van der Waals surface area contributed by atoms with Crippen LogP contribution in [-0.2, 0) is 10.2 Å². The quantitative estimate of drug-likeness (QED) is 0.559. The summed E-state index contributed by atoms with van der Waals surface area (Å²) in [5, 5.41) is 3.00. The minimum Gasteiger partial charge on any atom is -0.497 e. The first-order chi connectivity index (χ1) is 15.3. The second-order valence-corrected chi connectivity index (χ2v) is 8.12. The van der Waals surface area contributed by atoms with Gasteiger partial charge in [-0.2, -0.15) is 0 Å². The molecular formula is C25H21F2NO4. The van der Waals surface area contributed by atoms with Crippen LogP contribution in [0.2, 0.25) is 0 Å². The van der Waals surface area contributed by atoms with Gasteiger partial charge in [0.25, 0.3) is 0 Å². The number of rotatable bonds is 5. The van der Waals surface area contributed by atoms with Crippen LogP contribution < -0.4 is 19.5 Å². The number of nitrogens with one attached hydrogen (secondary N) is 1. The first-order valence-corrected chi connectivity index (χ1v) is 10.3. The molecule has 0 atom stereocenters. The minimum atomic E-state index is -3.68. The van der Waals surface area contributed by atoms with Crippen molar-refractivity contribution in [3.05, 3.63) is 71.8 Å². The monoisotopic (exact) mass is 437 g/mol. The van der Waals surface area contributed by atoms with E-state index in [0.717, 1.165) is 22.4 Å². The fourth-order valence-electron chi connectivity index (χ4n) is 4.05. The number of anilines is 1. The molecule has 164 valence electrons. The third-order valence-electron chi connectivity index (χ3n) is 6.03. The van der Waals surface area contributed by atoms with Crippen LogP contribution in [0.1, 0.15) is 24.0 Å². The van der Waals surface area contributed by atoms with Crippen molar-refractivity contribution in [1.82, 2.24) is 0 Å². The number of methoxy groups -OCH3 is 1. The molecule has 1 aliphatic carbocycles. The number of benzene rings is 3. The predicted molar refractivity (Wildman–Crippen MR) is 115 cm³/mol. The normalized spacial score (nSPS) is 17.0. The molecule has 0 unspecified atom stereocenters. The third-order valence-corrected chi connectivity index (χ3v) is 6.03. The molecule has 1 fully saturated rings. The van der Waals surface area contributed by atoms with Gasteiger partial charge in [-0.25, -0.2) is 0 Å². The van der Waals surface area contributed by atoms with E-state index in [9.17, 15) is 13.6 Å². The first-order valence-electron chi connectivity index (χ1n) is 10.3. The SMILES string of the molecule is COc1ccc(-c2cc(NC(=O)C3(c4ccc5c(c4)OC(F)(F)O5)CC3)ccc2C)cc1. The minimum absolute atomic E-state index is 0.0300. The number of carbonyl (C=O) groups excluding carboxylic acids is 1.